The summed E-state index contributed by atoms with van der Waals surface area (Å²) in [4.78, 5) is 28.8. The van der Waals surface area contributed by atoms with Gasteiger partial charge in [-0.3, -0.25) is 4.98 Å². The van der Waals surface area contributed by atoms with E-state index in [1.54, 1.807) is 13.8 Å². The first kappa shape index (κ1) is 14.3. The van der Waals surface area contributed by atoms with E-state index in [0.717, 1.165) is 5.56 Å². The number of nitrogens with zero attached hydrogens (tertiary/aromatic N) is 1. The predicted octanol–water partition coefficient (Wildman–Crippen LogP) is 2.90. The fourth-order valence-corrected chi connectivity index (χ4v) is 2.64. The maximum atomic E-state index is 12.4. The van der Waals surface area contributed by atoms with Crippen molar-refractivity contribution in [3.8, 4) is 11.1 Å². The van der Waals surface area contributed by atoms with Gasteiger partial charge in [-0.05, 0) is 19.4 Å². The van der Waals surface area contributed by atoms with Gasteiger partial charge in [-0.25, -0.2) is 9.59 Å². The van der Waals surface area contributed by atoms with Crippen LogP contribution in [0.4, 0.5) is 0 Å². The van der Waals surface area contributed by atoms with Gasteiger partial charge in [-0.1, -0.05) is 30.3 Å². The molecule has 5 heteroatoms. The third-order valence-electron chi connectivity index (χ3n) is 3.54. The molecule has 1 aliphatic heterocycles. The van der Waals surface area contributed by atoms with Crippen molar-refractivity contribution in [3.63, 3.8) is 0 Å². The van der Waals surface area contributed by atoms with Gasteiger partial charge in [0, 0.05) is 5.56 Å². The highest BCUT2D eigenvalue weighted by molar-refractivity contribution is 6.08. The van der Waals surface area contributed by atoms with Crippen molar-refractivity contribution in [1.82, 2.24) is 4.98 Å². The van der Waals surface area contributed by atoms with Crippen molar-refractivity contribution in [3.05, 3.63) is 52.8 Å². The Morgan fingerprint density at radius 2 is 2.00 bits per heavy atom. The van der Waals surface area contributed by atoms with Gasteiger partial charge >= 0.3 is 11.9 Å². The Balaban J connectivity index is 2.32. The molecular formula is C17H15NO4. The molecule has 2 heterocycles. The highest BCUT2D eigenvalue weighted by Crippen LogP contribution is 2.35. The van der Waals surface area contributed by atoms with E-state index < -0.39 is 11.9 Å². The SMILES string of the molecule is CCOC(=O)c1c(C)nc2c(c1-c1ccccc1)C(=O)OC2. The Morgan fingerprint density at radius 3 is 2.68 bits per heavy atom. The molecule has 0 unspecified atom stereocenters. The number of ether oxygens (including phenoxy) is 2. The minimum Gasteiger partial charge on any atom is -0.462 e. The second-order valence-electron chi connectivity index (χ2n) is 4.93. The zero-order chi connectivity index (χ0) is 15.7. The summed E-state index contributed by atoms with van der Waals surface area (Å²) in [5.74, 6) is -0.930. The van der Waals surface area contributed by atoms with Gasteiger partial charge in [-0.15, -0.1) is 0 Å². The lowest BCUT2D eigenvalue weighted by molar-refractivity contribution is 0.0523. The van der Waals surface area contributed by atoms with Crippen LogP contribution < -0.4 is 0 Å². The number of rotatable bonds is 3. The molecule has 0 atom stereocenters. The van der Waals surface area contributed by atoms with E-state index in [4.69, 9.17) is 9.47 Å². The average molecular weight is 297 g/mol. The van der Waals surface area contributed by atoms with Crippen molar-refractivity contribution in [1.29, 1.82) is 0 Å². The molecule has 112 valence electrons. The molecule has 0 saturated heterocycles. The van der Waals surface area contributed by atoms with Crippen LogP contribution in [-0.4, -0.2) is 23.5 Å². The van der Waals surface area contributed by atoms with Gasteiger partial charge in [0.05, 0.1) is 29.1 Å². The van der Waals surface area contributed by atoms with Crippen molar-refractivity contribution >= 4 is 11.9 Å². The van der Waals surface area contributed by atoms with E-state index in [2.05, 4.69) is 4.98 Å². The number of aromatic nitrogens is 1. The summed E-state index contributed by atoms with van der Waals surface area (Å²) in [6.07, 6.45) is 0. The molecule has 0 amide bonds. The minimum absolute atomic E-state index is 0.137. The number of hydrogen-bond acceptors (Lipinski definition) is 5. The predicted molar refractivity (Wildman–Crippen MR) is 79.5 cm³/mol. The molecule has 2 aromatic rings. The summed E-state index contributed by atoms with van der Waals surface area (Å²) in [6.45, 7) is 3.87. The van der Waals surface area contributed by atoms with Gasteiger partial charge in [-0.2, -0.15) is 0 Å². The number of benzene rings is 1. The monoisotopic (exact) mass is 297 g/mol. The minimum atomic E-state index is -0.478. The van der Waals surface area contributed by atoms with E-state index in [9.17, 15) is 9.59 Å². The van der Waals surface area contributed by atoms with Crippen molar-refractivity contribution in [2.24, 2.45) is 0 Å². The second kappa shape index (κ2) is 5.60. The Kier molecular flexibility index (Phi) is 3.63. The lowest BCUT2D eigenvalue weighted by Gasteiger charge is -2.14. The molecule has 5 nitrogen and oxygen atoms in total. The normalized spacial score (nSPS) is 12.7. The highest BCUT2D eigenvalue weighted by Gasteiger charge is 2.32. The lowest BCUT2D eigenvalue weighted by Crippen LogP contribution is -2.13. The number of carbonyl (C=O) groups is 2. The van der Waals surface area contributed by atoms with Crippen LogP contribution in [-0.2, 0) is 16.1 Å². The van der Waals surface area contributed by atoms with Crippen LogP contribution in [0.5, 0.6) is 0 Å². The number of carbonyl (C=O) groups excluding carboxylic acids is 2. The van der Waals surface area contributed by atoms with Crippen LogP contribution in [0.3, 0.4) is 0 Å². The maximum Gasteiger partial charge on any atom is 0.341 e. The number of cyclic esters (lactones) is 1. The van der Waals surface area contributed by atoms with Crippen LogP contribution in [0.1, 0.15) is 39.0 Å². The summed E-state index contributed by atoms with van der Waals surface area (Å²) >= 11 is 0. The summed E-state index contributed by atoms with van der Waals surface area (Å²) in [6, 6.07) is 9.28. The third-order valence-corrected chi connectivity index (χ3v) is 3.54. The Bertz CT molecular complexity index is 753. The summed E-state index contributed by atoms with van der Waals surface area (Å²) in [5, 5.41) is 0. The first-order valence-electron chi connectivity index (χ1n) is 7.06. The van der Waals surface area contributed by atoms with E-state index in [1.807, 2.05) is 30.3 Å². The molecule has 0 fully saturated rings. The van der Waals surface area contributed by atoms with E-state index in [1.165, 1.54) is 0 Å². The van der Waals surface area contributed by atoms with Crippen LogP contribution in [0.15, 0.2) is 30.3 Å². The van der Waals surface area contributed by atoms with Gasteiger partial charge in [0.2, 0.25) is 0 Å². The number of hydrogen-bond donors (Lipinski definition) is 0. The van der Waals surface area contributed by atoms with Crippen molar-refractivity contribution in [2.75, 3.05) is 6.61 Å². The first-order valence-corrected chi connectivity index (χ1v) is 7.06. The van der Waals surface area contributed by atoms with Crippen molar-refractivity contribution < 1.29 is 19.1 Å². The number of pyridine rings is 1. The van der Waals surface area contributed by atoms with Gasteiger partial charge < -0.3 is 9.47 Å². The Hall–Kier alpha value is -2.69. The molecule has 3 rings (SSSR count). The molecule has 1 aromatic heterocycles. The molecule has 0 radical (unpaired) electrons. The molecule has 0 bridgehead atoms. The zero-order valence-electron chi connectivity index (χ0n) is 12.4. The van der Waals surface area contributed by atoms with E-state index in [0.29, 0.717) is 28.1 Å². The molecule has 0 aliphatic carbocycles. The van der Waals surface area contributed by atoms with E-state index >= 15 is 0 Å². The van der Waals surface area contributed by atoms with Crippen LogP contribution >= 0.6 is 0 Å². The molecule has 0 spiro atoms. The van der Waals surface area contributed by atoms with Crippen LogP contribution in [0.2, 0.25) is 0 Å². The Morgan fingerprint density at radius 1 is 1.27 bits per heavy atom. The fraction of sp³-hybridized carbons (Fsp3) is 0.235. The molecular weight excluding hydrogens is 282 g/mol. The van der Waals surface area contributed by atoms with Crippen LogP contribution in [0, 0.1) is 6.92 Å². The van der Waals surface area contributed by atoms with Gasteiger partial charge in [0.1, 0.15) is 6.61 Å². The Labute approximate surface area is 127 Å². The standard InChI is InChI=1S/C17H15NO4/c1-3-21-16(19)13-10(2)18-12-9-22-17(20)15(12)14(13)11-7-5-4-6-8-11/h4-8H,3,9H2,1-2H3. The topological polar surface area (TPSA) is 65.5 Å². The number of fused-ring (bicyclic) bond motifs is 1. The highest BCUT2D eigenvalue weighted by atomic mass is 16.5. The van der Waals surface area contributed by atoms with Gasteiger partial charge in [0.25, 0.3) is 0 Å². The first-order chi connectivity index (χ1) is 10.6. The summed E-state index contributed by atoms with van der Waals surface area (Å²) in [7, 11) is 0. The number of aryl methyl sites for hydroxylation is 1. The second-order valence-corrected chi connectivity index (χ2v) is 4.93. The lowest BCUT2D eigenvalue weighted by atomic mass is 9.93. The van der Waals surface area contributed by atoms with Gasteiger partial charge in [0.15, 0.2) is 0 Å². The fourth-order valence-electron chi connectivity index (χ4n) is 2.64. The van der Waals surface area contributed by atoms with Crippen LogP contribution in [0.25, 0.3) is 11.1 Å². The van der Waals surface area contributed by atoms with Crippen molar-refractivity contribution in [2.45, 2.75) is 20.5 Å². The third kappa shape index (κ3) is 2.24. The number of esters is 2. The molecule has 1 aliphatic rings. The molecule has 0 saturated carbocycles. The zero-order valence-corrected chi connectivity index (χ0v) is 12.4. The molecule has 1 aromatic carbocycles. The quantitative estimate of drug-likeness (QED) is 0.815. The summed E-state index contributed by atoms with van der Waals surface area (Å²) in [5.41, 5.74) is 3.10. The van der Waals surface area contributed by atoms with E-state index in [-0.39, 0.29) is 13.2 Å². The smallest absolute Gasteiger partial charge is 0.341 e. The average Bonchev–Trinajstić information content (AvgIpc) is 2.88. The molecule has 22 heavy (non-hydrogen) atoms. The molecule has 0 N–H and O–H groups in total. The maximum absolute atomic E-state index is 12.4. The largest absolute Gasteiger partial charge is 0.462 e. The summed E-state index contributed by atoms with van der Waals surface area (Å²) < 4.78 is 10.2.